The van der Waals surface area contributed by atoms with E-state index in [2.05, 4.69) is 0 Å². The summed E-state index contributed by atoms with van der Waals surface area (Å²) in [5.41, 5.74) is 0. The number of hydrogen-bond donors (Lipinski definition) is 1. The minimum atomic E-state index is -0.840. The Labute approximate surface area is 112 Å². The number of esters is 1. The van der Waals surface area contributed by atoms with Crippen LogP contribution >= 0.6 is 0 Å². The molecule has 1 aliphatic rings. The van der Waals surface area contributed by atoms with Gasteiger partial charge in [0.15, 0.2) is 0 Å². The molecule has 6 heteroatoms. The van der Waals surface area contributed by atoms with E-state index in [1.165, 1.54) is 7.11 Å². The lowest BCUT2D eigenvalue weighted by Gasteiger charge is -2.15. The molecule has 0 spiro atoms. The van der Waals surface area contributed by atoms with E-state index < -0.39 is 5.97 Å². The number of likely N-dealkylation sites (tertiary alicyclic amines) is 1. The molecule has 19 heavy (non-hydrogen) atoms. The average molecular weight is 271 g/mol. The number of rotatable bonds is 6. The summed E-state index contributed by atoms with van der Waals surface area (Å²) in [6.07, 6.45) is 1.51. The number of methoxy groups -OCH3 is 1. The molecule has 6 nitrogen and oxygen atoms in total. The second kappa shape index (κ2) is 7.11. The highest BCUT2D eigenvalue weighted by molar-refractivity contribution is 5.79. The van der Waals surface area contributed by atoms with E-state index in [1.54, 1.807) is 4.90 Å². The van der Waals surface area contributed by atoms with Crippen molar-refractivity contribution in [2.45, 2.75) is 32.6 Å². The molecule has 0 saturated carbocycles. The number of carboxylic acid groups (broad SMARTS) is 1. The van der Waals surface area contributed by atoms with E-state index in [-0.39, 0.29) is 30.1 Å². The van der Waals surface area contributed by atoms with Crippen LogP contribution in [-0.2, 0) is 19.1 Å². The number of ether oxygens (including phenoxy) is 1. The third-order valence-corrected chi connectivity index (χ3v) is 3.50. The van der Waals surface area contributed by atoms with Gasteiger partial charge in [0.05, 0.1) is 13.0 Å². The number of carboxylic acids is 1. The molecule has 0 aromatic heterocycles. The Hall–Kier alpha value is -1.59. The monoisotopic (exact) mass is 271 g/mol. The first kappa shape index (κ1) is 15.5. The normalized spacial score (nSPS) is 22.3. The van der Waals surface area contributed by atoms with Gasteiger partial charge in [0.1, 0.15) is 0 Å². The van der Waals surface area contributed by atoms with Crippen molar-refractivity contribution in [3.63, 3.8) is 0 Å². The molecule has 0 bridgehead atoms. The molecule has 0 aromatic rings. The third-order valence-electron chi connectivity index (χ3n) is 3.50. The van der Waals surface area contributed by atoms with Crippen molar-refractivity contribution in [3.05, 3.63) is 0 Å². The van der Waals surface area contributed by atoms with E-state index in [9.17, 15) is 14.4 Å². The Kier molecular flexibility index (Phi) is 5.79. The van der Waals surface area contributed by atoms with Gasteiger partial charge >= 0.3 is 11.9 Å². The summed E-state index contributed by atoms with van der Waals surface area (Å²) in [5.74, 6) is -1.26. The van der Waals surface area contributed by atoms with Gasteiger partial charge in [-0.2, -0.15) is 0 Å². The van der Waals surface area contributed by atoms with E-state index in [1.807, 2.05) is 6.92 Å². The molecule has 2 atom stereocenters. The number of nitrogens with zero attached hydrogens (tertiary/aromatic N) is 1. The number of aliphatic carboxylic acids is 1. The van der Waals surface area contributed by atoms with Crippen LogP contribution < -0.4 is 0 Å². The van der Waals surface area contributed by atoms with Crippen LogP contribution in [0.4, 0.5) is 0 Å². The van der Waals surface area contributed by atoms with Crippen LogP contribution in [-0.4, -0.2) is 48.1 Å². The summed E-state index contributed by atoms with van der Waals surface area (Å²) in [6.45, 7) is 2.91. The van der Waals surface area contributed by atoms with Crippen molar-refractivity contribution >= 4 is 17.8 Å². The van der Waals surface area contributed by atoms with Crippen molar-refractivity contribution in [1.29, 1.82) is 0 Å². The molecule has 0 aliphatic carbocycles. The van der Waals surface area contributed by atoms with Gasteiger partial charge in [0.2, 0.25) is 5.91 Å². The smallest absolute Gasteiger partial charge is 0.310 e. The van der Waals surface area contributed by atoms with Crippen LogP contribution in [0, 0.1) is 11.8 Å². The largest absolute Gasteiger partial charge is 0.481 e. The second-order valence-corrected chi connectivity index (χ2v) is 5.01. The van der Waals surface area contributed by atoms with Gasteiger partial charge in [-0.3, -0.25) is 14.4 Å². The number of carbonyl (C=O) groups excluding carboxylic acids is 2. The fraction of sp³-hybridized carbons (Fsp3) is 0.769. The average Bonchev–Trinajstić information content (AvgIpc) is 2.75. The molecule has 1 heterocycles. The SMILES string of the molecule is COC(=O)C1CN(C(=O)CCCCC(=O)O)CC1C. The van der Waals surface area contributed by atoms with Gasteiger partial charge in [-0.1, -0.05) is 6.92 Å². The predicted octanol–water partition coefficient (Wildman–Crippen LogP) is 0.899. The van der Waals surface area contributed by atoms with Gasteiger partial charge in [-0.05, 0) is 18.8 Å². The predicted molar refractivity (Wildman–Crippen MR) is 67.4 cm³/mol. The maximum Gasteiger partial charge on any atom is 0.310 e. The zero-order valence-electron chi connectivity index (χ0n) is 11.4. The molecular formula is C13H21NO5. The summed E-state index contributed by atoms with van der Waals surface area (Å²) in [7, 11) is 1.35. The van der Waals surface area contributed by atoms with Crippen molar-refractivity contribution < 1.29 is 24.2 Å². The molecule has 0 aromatic carbocycles. The van der Waals surface area contributed by atoms with Crippen LogP contribution in [0.2, 0.25) is 0 Å². The lowest BCUT2D eigenvalue weighted by atomic mass is 9.99. The van der Waals surface area contributed by atoms with E-state index in [0.717, 1.165) is 0 Å². The lowest BCUT2D eigenvalue weighted by molar-refractivity contribution is -0.146. The number of unbranched alkanes of at least 4 members (excludes halogenated alkanes) is 1. The Morgan fingerprint density at radius 3 is 2.42 bits per heavy atom. The second-order valence-electron chi connectivity index (χ2n) is 5.01. The number of hydrogen-bond acceptors (Lipinski definition) is 4. The maximum absolute atomic E-state index is 11.9. The van der Waals surface area contributed by atoms with Crippen molar-refractivity contribution in [3.8, 4) is 0 Å². The van der Waals surface area contributed by atoms with Crippen molar-refractivity contribution in [2.75, 3.05) is 20.2 Å². The standard InChI is InChI=1S/C13H21NO5/c1-9-7-14(8-10(9)13(18)19-2)11(15)5-3-4-6-12(16)17/h9-10H,3-8H2,1-2H3,(H,16,17). The quantitative estimate of drug-likeness (QED) is 0.573. The Morgan fingerprint density at radius 1 is 1.21 bits per heavy atom. The highest BCUT2D eigenvalue weighted by atomic mass is 16.5. The first-order valence-corrected chi connectivity index (χ1v) is 6.53. The fourth-order valence-corrected chi connectivity index (χ4v) is 2.34. The zero-order chi connectivity index (χ0) is 14.4. The highest BCUT2D eigenvalue weighted by Crippen LogP contribution is 2.24. The van der Waals surface area contributed by atoms with Gasteiger partial charge in [0, 0.05) is 25.9 Å². The van der Waals surface area contributed by atoms with Gasteiger partial charge < -0.3 is 14.7 Å². The van der Waals surface area contributed by atoms with Gasteiger partial charge in [-0.25, -0.2) is 0 Å². The molecule has 108 valence electrons. The van der Waals surface area contributed by atoms with Gasteiger partial charge in [-0.15, -0.1) is 0 Å². The maximum atomic E-state index is 11.9. The van der Waals surface area contributed by atoms with Crippen LogP contribution in [0.3, 0.4) is 0 Å². The highest BCUT2D eigenvalue weighted by Gasteiger charge is 2.37. The molecule has 1 fully saturated rings. The first-order chi connectivity index (χ1) is 8.95. The minimum absolute atomic E-state index is 0.0105. The summed E-state index contributed by atoms with van der Waals surface area (Å²) in [5, 5.41) is 8.50. The van der Waals surface area contributed by atoms with E-state index in [4.69, 9.17) is 9.84 Å². The summed E-state index contributed by atoms with van der Waals surface area (Å²) < 4.78 is 4.72. The van der Waals surface area contributed by atoms with Crippen molar-refractivity contribution in [2.24, 2.45) is 11.8 Å². The zero-order valence-corrected chi connectivity index (χ0v) is 11.4. The van der Waals surface area contributed by atoms with Crippen LogP contribution in [0.5, 0.6) is 0 Å². The summed E-state index contributed by atoms with van der Waals surface area (Å²) in [4.78, 5) is 35.4. The van der Waals surface area contributed by atoms with E-state index in [0.29, 0.717) is 32.4 Å². The third kappa shape index (κ3) is 4.54. The summed E-state index contributed by atoms with van der Waals surface area (Å²) in [6, 6.07) is 0. The lowest BCUT2D eigenvalue weighted by Crippen LogP contribution is -2.30. The Bertz CT molecular complexity index is 355. The Balaban J connectivity index is 2.34. The van der Waals surface area contributed by atoms with Crippen LogP contribution in [0.15, 0.2) is 0 Å². The molecule has 1 aliphatic heterocycles. The molecule has 0 radical (unpaired) electrons. The van der Waals surface area contributed by atoms with Crippen molar-refractivity contribution in [1.82, 2.24) is 4.90 Å². The van der Waals surface area contributed by atoms with Gasteiger partial charge in [0.25, 0.3) is 0 Å². The topological polar surface area (TPSA) is 83.9 Å². The van der Waals surface area contributed by atoms with Crippen LogP contribution in [0.25, 0.3) is 0 Å². The summed E-state index contributed by atoms with van der Waals surface area (Å²) >= 11 is 0. The molecule has 2 unspecified atom stereocenters. The fourth-order valence-electron chi connectivity index (χ4n) is 2.34. The minimum Gasteiger partial charge on any atom is -0.481 e. The number of carbonyl (C=O) groups is 3. The first-order valence-electron chi connectivity index (χ1n) is 6.53. The van der Waals surface area contributed by atoms with Crippen LogP contribution in [0.1, 0.15) is 32.6 Å². The number of amides is 1. The Morgan fingerprint density at radius 2 is 1.84 bits per heavy atom. The molecule has 1 saturated heterocycles. The van der Waals surface area contributed by atoms with E-state index >= 15 is 0 Å². The molecule has 1 amide bonds. The molecular weight excluding hydrogens is 250 g/mol. The molecule has 1 rings (SSSR count). The molecule has 1 N–H and O–H groups in total.